The zero-order valence-corrected chi connectivity index (χ0v) is 13.2. The van der Waals surface area contributed by atoms with Gasteiger partial charge in [0.15, 0.2) is 0 Å². The van der Waals surface area contributed by atoms with Crippen molar-refractivity contribution in [1.82, 2.24) is 0 Å². The van der Waals surface area contributed by atoms with Gasteiger partial charge in [-0.05, 0) is 31.5 Å². The van der Waals surface area contributed by atoms with Gasteiger partial charge in [-0.1, -0.05) is 46.7 Å². The Morgan fingerprint density at radius 2 is 2.22 bits per heavy atom. The molecule has 1 amide bonds. The molecule has 3 nitrogen and oxygen atoms in total. The minimum absolute atomic E-state index is 0.177. The molecule has 0 fully saturated rings. The second-order valence-corrected chi connectivity index (χ2v) is 5.89. The van der Waals surface area contributed by atoms with Gasteiger partial charge in [0.2, 0.25) is 5.91 Å². The van der Waals surface area contributed by atoms with E-state index in [1.807, 2.05) is 6.92 Å². The van der Waals surface area contributed by atoms with Crippen LogP contribution in [0.4, 0.5) is 5.69 Å². The zero-order valence-electron chi connectivity index (χ0n) is 10.1. The summed E-state index contributed by atoms with van der Waals surface area (Å²) in [6.45, 7) is 3.58. The van der Waals surface area contributed by atoms with E-state index >= 15 is 0 Å². The van der Waals surface area contributed by atoms with Crippen LogP contribution in [0.1, 0.15) is 20.3 Å². The lowest BCUT2D eigenvalue weighted by molar-refractivity contribution is -0.121. The fraction of sp³-hybridized carbons (Fsp3) is 0.333. The number of benzene rings is 1. The topological polar surface area (TPSA) is 55.1 Å². The predicted molar refractivity (Wildman–Crippen MR) is 83.0 cm³/mol. The van der Waals surface area contributed by atoms with Gasteiger partial charge < -0.3 is 11.1 Å². The normalized spacial score (nSPS) is 13.8. The molecule has 0 aliphatic rings. The monoisotopic (exact) mass is 348 g/mol. The quantitative estimate of drug-likeness (QED) is 0.814. The van der Waals surface area contributed by atoms with Crippen LogP contribution in [0.15, 0.2) is 22.7 Å². The third kappa shape index (κ3) is 3.22. The number of thiocarbonyl (C=S) groups is 1. The van der Waals surface area contributed by atoms with Crippen LogP contribution in [0.2, 0.25) is 5.02 Å². The maximum atomic E-state index is 12.2. The number of halogens is 2. The lowest BCUT2D eigenvalue weighted by atomic mass is 9.86. The SMILES string of the molecule is CCC(C)(C(=O)Nc1ccc(Br)cc1Cl)C(N)=S. The molecule has 0 aromatic heterocycles. The van der Waals surface area contributed by atoms with Gasteiger partial charge in [0.25, 0.3) is 0 Å². The van der Waals surface area contributed by atoms with Crippen molar-refractivity contribution < 1.29 is 4.79 Å². The first kappa shape index (κ1) is 15.4. The third-order valence-corrected chi connectivity index (χ3v) is 4.19. The van der Waals surface area contributed by atoms with Crippen LogP contribution in [0.5, 0.6) is 0 Å². The highest BCUT2D eigenvalue weighted by Crippen LogP contribution is 2.29. The smallest absolute Gasteiger partial charge is 0.237 e. The molecule has 0 saturated heterocycles. The number of hydrogen-bond donors (Lipinski definition) is 2. The summed E-state index contributed by atoms with van der Waals surface area (Å²) in [6.07, 6.45) is 0.530. The van der Waals surface area contributed by atoms with E-state index in [-0.39, 0.29) is 10.9 Å². The Balaban J connectivity index is 2.97. The Hall–Kier alpha value is -0.650. The largest absolute Gasteiger partial charge is 0.392 e. The van der Waals surface area contributed by atoms with Gasteiger partial charge in [-0.15, -0.1) is 0 Å². The maximum absolute atomic E-state index is 12.2. The number of nitrogens with two attached hydrogens (primary N) is 1. The zero-order chi connectivity index (χ0) is 13.9. The fourth-order valence-electron chi connectivity index (χ4n) is 1.30. The molecule has 0 aliphatic heterocycles. The number of hydrogen-bond acceptors (Lipinski definition) is 2. The second kappa shape index (κ2) is 5.99. The fourth-order valence-corrected chi connectivity index (χ4v) is 2.26. The number of carbonyl (C=O) groups is 1. The summed E-state index contributed by atoms with van der Waals surface area (Å²) in [4.78, 5) is 12.4. The third-order valence-electron chi connectivity index (χ3n) is 2.93. The Kier molecular flexibility index (Phi) is 5.13. The Morgan fingerprint density at radius 1 is 1.61 bits per heavy atom. The first-order valence-electron chi connectivity index (χ1n) is 5.37. The Bertz CT molecular complexity index is 495. The van der Waals surface area contributed by atoms with Gasteiger partial charge in [0.05, 0.1) is 21.1 Å². The standard InChI is InChI=1S/C12H14BrClN2OS/c1-3-12(2,10(15)18)11(17)16-9-5-4-7(13)6-8(9)14/h4-6H,3H2,1-2H3,(H2,15,18)(H,16,17). The van der Waals surface area contributed by atoms with Gasteiger partial charge in [-0.2, -0.15) is 0 Å². The molecule has 0 bridgehead atoms. The maximum Gasteiger partial charge on any atom is 0.237 e. The van der Waals surface area contributed by atoms with E-state index in [4.69, 9.17) is 29.6 Å². The van der Waals surface area contributed by atoms with E-state index < -0.39 is 5.41 Å². The molecule has 18 heavy (non-hydrogen) atoms. The molecule has 1 atom stereocenters. The highest BCUT2D eigenvalue weighted by molar-refractivity contribution is 9.10. The molecule has 1 unspecified atom stereocenters. The number of nitrogens with one attached hydrogen (secondary N) is 1. The van der Waals surface area contributed by atoms with Crippen molar-refractivity contribution in [1.29, 1.82) is 0 Å². The van der Waals surface area contributed by atoms with Gasteiger partial charge in [-0.3, -0.25) is 4.79 Å². The van der Waals surface area contributed by atoms with Crippen LogP contribution in [-0.4, -0.2) is 10.9 Å². The molecule has 1 aromatic rings. The van der Waals surface area contributed by atoms with E-state index in [1.165, 1.54) is 0 Å². The summed E-state index contributed by atoms with van der Waals surface area (Å²) in [5, 5.41) is 3.21. The average Bonchev–Trinajstić information content (AvgIpc) is 2.31. The highest BCUT2D eigenvalue weighted by atomic mass is 79.9. The van der Waals surface area contributed by atoms with Crippen LogP contribution in [-0.2, 0) is 4.79 Å². The van der Waals surface area contributed by atoms with E-state index in [9.17, 15) is 4.79 Å². The summed E-state index contributed by atoms with van der Waals surface area (Å²) in [5.74, 6) is -0.248. The van der Waals surface area contributed by atoms with Gasteiger partial charge in [0.1, 0.15) is 0 Å². The van der Waals surface area contributed by atoms with Crippen LogP contribution in [0, 0.1) is 5.41 Å². The minimum atomic E-state index is -0.869. The van der Waals surface area contributed by atoms with E-state index in [0.717, 1.165) is 4.47 Å². The lowest BCUT2D eigenvalue weighted by Gasteiger charge is -2.25. The average molecular weight is 350 g/mol. The van der Waals surface area contributed by atoms with Crippen LogP contribution < -0.4 is 11.1 Å². The molecule has 1 rings (SSSR count). The number of anilines is 1. The molecular formula is C12H14BrClN2OS. The Morgan fingerprint density at radius 3 is 2.67 bits per heavy atom. The summed E-state index contributed by atoms with van der Waals surface area (Å²) in [6, 6.07) is 5.23. The number of carbonyl (C=O) groups excluding carboxylic acids is 1. The van der Waals surface area contributed by atoms with E-state index in [2.05, 4.69) is 21.2 Å². The summed E-state index contributed by atoms with van der Waals surface area (Å²) < 4.78 is 0.845. The first-order chi connectivity index (χ1) is 8.31. The van der Waals surface area contributed by atoms with Gasteiger partial charge in [0, 0.05) is 4.47 Å². The van der Waals surface area contributed by atoms with Gasteiger partial charge in [-0.25, -0.2) is 0 Å². The summed E-state index contributed by atoms with van der Waals surface area (Å²) >= 11 is 14.3. The molecule has 98 valence electrons. The number of rotatable bonds is 4. The molecule has 0 heterocycles. The molecule has 3 N–H and O–H groups in total. The van der Waals surface area contributed by atoms with Crippen LogP contribution in [0.3, 0.4) is 0 Å². The minimum Gasteiger partial charge on any atom is -0.392 e. The van der Waals surface area contributed by atoms with Crippen LogP contribution in [0.25, 0.3) is 0 Å². The summed E-state index contributed by atoms with van der Waals surface area (Å²) in [5.41, 5.74) is 5.30. The lowest BCUT2D eigenvalue weighted by Crippen LogP contribution is -2.43. The van der Waals surface area contributed by atoms with Crippen molar-refractivity contribution in [2.45, 2.75) is 20.3 Å². The van der Waals surface area contributed by atoms with Crippen LogP contribution >= 0.6 is 39.7 Å². The van der Waals surface area contributed by atoms with Crippen molar-refractivity contribution in [2.24, 2.45) is 11.1 Å². The molecule has 0 aliphatic carbocycles. The van der Waals surface area contributed by atoms with E-state index in [1.54, 1.807) is 25.1 Å². The van der Waals surface area contributed by atoms with E-state index in [0.29, 0.717) is 17.1 Å². The molecule has 0 saturated carbocycles. The molecular weight excluding hydrogens is 336 g/mol. The van der Waals surface area contributed by atoms with Gasteiger partial charge >= 0.3 is 0 Å². The Labute approximate surface area is 125 Å². The number of amides is 1. The van der Waals surface area contributed by atoms with Crippen molar-refractivity contribution >= 4 is 56.3 Å². The molecule has 0 radical (unpaired) electrons. The predicted octanol–water partition coefficient (Wildman–Crippen LogP) is 3.74. The van der Waals surface area contributed by atoms with Crippen molar-refractivity contribution in [2.75, 3.05) is 5.32 Å². The van der Waals surface area contributed by atoms with Crippen molar-refractivity contribution in [3.8, 4) is 0 Å². The summed E-state index contributed by atoms with van der Waals surface area (Å²) in [7, 11) is 0. The second-order valence-electron chi connectivity index (χ2n) is 4.13. The molecule has 0 spiro atoms. The highest BCUT2D eigenvalue weighted by Gasteiger charge is 2.34. The first-order valence-corrected chi connectivity index (χ1v) is 6.95. The molecule has 6 heteroatoms. The molecule has 1 aromatic carbocycles. The van der Waals surface area contributed by atoms with Crippen molar-refractivity contribution in [3.63, 3.8) is 0 Å². The van der Waals surface area contributed by atoms with Crippen molar-refractivity contribution in [3.05, 3.63) is 27.7 Å².